The van der Waals surface area contributed by atoms with E-state index in [0.29, 0.717) is 6.54 Å². The van der Waals surface area contributed by atoms with E-state index in [1.54, 1.807) is 28.4 Å². The Hall–Kier alpha value is -5.92. The van der Waals surface area contributed by atoms with Crippen molar-refractivity contribution in [3.8, 4) is 45.3 Å². The van der Waals surface area contributed by atoms with Crippen LogP contribution in [0.2, 0.25) is 0 Å². The molecule has 0 aliphatic rings. The number of rotatable bonds is 16. The molecule has 0 aliphatic carbocycles. The van der Waals surface area contributed by atoms with E-state index >= 15 is 0 Å². The fourth-order valence-electron chi connectivity index (χ4n) is 8.58. The van der Waals surface area contributed by atoms with Crippen LogP contribution < -0.4 is 86.9 Å². The third-order valence-corrected chi connectivity index (χ3v) is 13.6. The summed E-state index contributed by atoms with van der Waals surface area (Å²) in [5, 5.41) is 1.02. The van der Waals surface area contributed by atoms with Gasteiger partial charge in [0.15, 0.2) is 0 Å². The minimum atomic E-state index is -4.44. The molecule has 12 heteroatoms. The minimum absolute atomic E-state index is 0. The summed E-state index contributed by atoms with van der Waals surface area (Å²) in [6, 6.07) is 61.7. The van der Waals surface area contributed by atoms with Gasteiger partial charge in [0.25, 0.3) is 0 Å². The summed E-state index contributed by atoms with van der Waals surface area (Å²) in [6.07, 6.45) is 0.189. The van der Waals surface area contributed by atoms with Gasteiger partial charge in [-0.2, -0.15) is 0 Å². The maximum absolute atomic E-state index is 12.0. The zero-order valence-electron chi connectivity index (χ0n) is 38.9. The standard InChI is InChI=1S/C56H51N3O7S.Rb/c1-38(67(60,61)62)34-35-57-55-32-10-41(39-6-12-43(13-7-39)58(45-16-24-49(63-2)25-17-45)46-18-26-50(64-3)27-19-46)36-53(55)54-37-42(11-33-56(54)57)40-8-14-44(15-9-40)59(47-20-28-51(65-4)29-21-47)48-22-30-52(66-5)31-23-48;/h6-33,36-38H,34-35H2,1-5H3,(H,60,61,62);/q;+1/p-1. The third-order valence-electron chi connectivity index (χ3n) is 12.4. The van der Waals surface area contributed by atoms with Gasteiger partial charge in [-0.05, 0) is 181 Å². The van der Waals surface area contributed by atoms with Gasteiger partial charge in [-0.3, -0.25) is 0 Å². The van der Waals surface area contributed by atoms with Crippen molar-refractivity contribution in [1.29, 1.82) is 0 Å². The maximum atomic E-state index is 12.0. The molecule has 0 spiro atoms. The average Bonchev–Trinajstić information content (AvgIpc) is 3.68. The first kappa shape index (κ1) is 48.5. The zero-order chi connectivity index (χ0) is 46.7. The number of methoxy groups -OCH3 is 4. The van der Waals surface area contributed by atoms with Crippen LogP contribution in [0.3, 0.4) is 0 Å². The van der Waals surface area contributed by atoms with Crippen molar-refractivity contribution in [3.63, 3.8) is 0 Å². The Morgan fingerprint density at radius 2 is 0.706 bits per heavy atom. The minimum Gasteiger partial charge on any atom is -0.748 e. The molecular weight excluding hydrogens is 944 g/mol. The van der Waals surface area contributed by atoms with Crippen LogP contribution in [0.5, 0.6) is 23.0 Å². The van der Waals surface area contributed by atoms with E-state index < -0.39 is 15.4 Å². The molecule has 0 aliphatic heterocycles. The summed E-state index contributed by atoms with van der Waals surface area (Å²) in [7, 11) is 2.20. The molecule has 1 heterocycles. The predicted molar refractivity (Wildman–Crippen MR) is 270 cm³/mol. The normalized spacial score (nSPS) is 11.7. The van der Waals surface area contributed by atoms with Crippen molar-refractivity contribution in [2.24, 2.45) is 0 Å². The molecule has 0 amide bonds. The Labute approximate surface area is 446 Å². The van der Waals surface area contributed by atoms with Crippen molar-refractivity contribution in [3.05, 3.63) is 182 Å². The molecule has 1 unspecified atom stereocenters. The average molecular weight is 995 g/mol. The van der Waals surface area contributed by atoms with Crippen LogP contribution in [0.4, 0.5) is 34.1 Å². The van der Waals surface area contributed by atoms with E-state index in [1.165, 1.54) is 6.92 Å². The molecule has 9 rings (SSSR count). The van der Waals surface area contributed by atoms with E-state index in [9.17, 15) is 13.0 Å². The van der Waals surface area contributed by atoms with Gasteiger partial charge >= 0.3 is 58.2 Å². The molecule has 8 aromatic carbocycles. The van der Waals surface area contributed by atoms with Crippen molar-refractivity contribution in [1.82, 2.24) is 4.57 Å². The zero-order valence-corrected chi connectivity index (χ0v) is 44.7. The predicted octanol–water partition coefficient (Wildman–Crippen LogP) is 10.4. The van der Waals surface area contributed by atoms with E-state index in [4.69, 9.17) is 18.9 Å². The number of hydrogen-bond acceptors (Lipinski definition) is 9. The van der Waals surface area contributed by atoms with Crippen LogP contribution in [0.1, 0.15) is 13.3 Å². The van der Waals surface area contributed by atoms with E-state index in [-0.39, 0.29) is 64.6 Å². The van der Waals surface area contributed by atoms with E-state index in [2.05, 4.69) is 99.3 Å². The van der Waals surface area contributed by atoms with Crippen LogP contribution in [0.15, 0.2) is 182 Å². The Morgan fingerprint density at radius 1 is 0.441 bits per heavy atom. The summed E-state index contributed by atoms with van der Waals surface area (Å²) in [5.41, 5.74) is 11.9. The van der Waals surface area contributed by atoms with Crippen LogP contribution >= 0.6 is 0 Å². The fourth-order valence-corrected chi connectivity index (χ4v) is 8.98. The van der Waals surface area contributed by atoms with Crippen molar-refractivity contribution in [2.45, 2.75) is 25.1 Å². The van der Waals surface area contributed by atoms with Gasteiger partial charge in [-0.25, -0.2) is 8.42 Å². The van der Waals surface area contributed by atoms with Gasteiger partial charge in [-0.1, -0.05) is 36.4 Å². The first-order valence-electron chi connectivity index (χ1n) is 21.9. The molecule has 68 heavy (non-hydrogen) atoms. The molecule has 1 aromatic heterocycles. The topological polar surface area (TPSA) is 106 Å². The fraction of sp³-hybridized carbons (Fsp3) is 0.143. The summed E-state index contributed by atoms with van der Waals surface area (Å²) in [6.45, 7) is 1.85. The first-order chi connectivity index (χ1) is 32.5. The van der Waals surface area contributed by atoms with Gasteiger partial charge in [0.2, 0.25) is 0 Å². The second kappa shape index (κ2) is 21.2. The number of aromatic nitrogens is 1. The van der Waals surface area contributed by atoms with Crippen molar-refractivity contribution in [2.75, 3.05) is 38.2 Å². The summed E-state index contributed by atoms with van der Waals surface area (Å²) < 4.78 is 59.9. The van der Waals surface area contributed by atoms with Crippen molar-refractivity contribution >= 4 is 66.0 Å². The van der Waals surface area contributed by atoms with Crippen LogP contribution in [0.25, 0.3) is 44.1 Å². The van der Waals surface area contributed by atoms with E-state index in [1.807, 2.05) is 97.1 Å². The quantitative estimate of drug-likeness (QED) is 0.0875. The van der Waals surface area contributed by atoms with E-state index in [0.717, 1.165) is 101 Å². The van der Waals surface area contributed by atoms with Gasteiger partial charge < -0.3 is 37.9 Å². The van der Waals surface area contributed by atoms with Crippen LogP contribution in [0, 0.1) is 0 Å². The van der Waals surface area contributed by atoms with Crippen molar-refractivity contribution < 1.29 is 90.1 Å². The number of hydrogen-bond donors (Lipinski definition) is 0. The Balaban J connectivity index is 0.00000625. The molecule has 9 aromatic rings. The van der Waals surface area contributed by atoms with Gasteiger partial charge in [0.05, 0.1) is 38.6 Å². The molecule has 0 saturated carbocycles. The number of fused-ring (bicyclic) bond motifs is 3. The molecule has 0 radical (unpaired) electrons. The van der Waals surface area contributed by atoms with Crippen LogP contribution in [-0.4, -0.2) is 51.2 Å². The monoisotopic (exact) mass is 993 g/mol. The first-order valence-corrected chi connectivity index (χ1v) is 23.4. The second-order valence-electron chi connectivity index (χ2n) is 16.3. The Kier molecular flexibility index (Phi) is 15.1. The molecule has 0 fully saturated rings. The molecule has 0 saturated heterocycles. The SMILES string of the molecule is COc1ccc(N(c2ccc(OC)cc2)c2ccc(-c3ccc4c(c3)c3cc(-c5ccc(N(c6ccc(OC)cc6)c6ccc(OC)cc6)cc5)ccc3n4CCC(C)S(=O)(=O)[O-])cc2)cc1.[Rb+]. The Bertz CT molecular complexity index is 2960. The maximum Gasteiger partial charge on any atom is 1.00 e. The molecule has 0 bridgehead atoms. The number of anilines is 6. The Morgan fingerprint density at radius 3 is 0.971 bits per heavy atom. The molecular formula is C56H50N3O7RbS. The summed E-state index contributed by atoms with van der Waals surface area (Å²) >= 11 is 0. The van der Waals surface area contributed by atoms with Gasteiger partial charge in [-0.15, -0.1) is 0 Å². The number of aryl methyl sites for hydroxylation is 1. The number of ether oxygens (including phenoxy) is 4. The second-order valence-corrected chi connectivity index (χ2v) is 18.1. The van der Waals surface area contributed by atoms with Gasteiger partial charge in [0, 0.05) is 67.7 Å². The smallest absolute Gasteiger partial charge is 0.748 e. The van der Waals surface area contributed by atoms with Crippen LogP contribution in [-0.2, 0) is 16.7 Å². The summed E-state index contributed by atoms with van der Waals surface area (Å²) in [5.74, 6) is 3.11. The number of benzene rings is 8. The summed E-state index contributed by atoms with van der Waals surface area (Å²) in [4.78, 5) is 4.37. The molecule has 1 atom stereocenters. The molecule has 0 N–H and O–H groups in total. The molecule has 338 valence electrons. The number of nitrogens with zero attached hydrogens (tertiary/aromatic N) is 3. The molecule has 10 nitrogen and oxygen atoms in total. The largest absolute Gasteiger partial charge is 1.00 e. The third kappa shape index (κ3) is 10.2. The van der Waals surface area contributed by atoms with Gasteiger partial charge in [0.1, 0.15) is 23.0 Å².